The fraction of sp³-hybridized carbons (Fsp3) is 0.560. The number of carboxylic acid groups (broad SMARTS) is 3. The molecule has 1 aromatic rings. The number of benzene rings is 1. The van der Waals surface area contributed by atoms with Crippen molar-refractivity contribution in [1.82, 2.24) is 4.90 Å². The predicted octanol–water partition coefficient (Wildman–Crippen LogP) is 0.643. The maximum absolute atomic E-state index is 10.6. The molecule has 3 unspecified atom stereocenters. The number of aliphatic hydroxyl groups is 2. The van der Waals surface area contributed by atoms with E-state index in [1.807, 2.05) is 19.1 Å². The summed E-state index contributed by atoms with van der Waals surface area (Å²) in [7, 11) is 2.22. The van der Waals surface area contributed by atoms with E-state index in [0.717, 1.165) is 30.9 Å². The molecule has 5 atom stereocenters. The molecule has 11 nitrogen and oxygen atoms in total. The highest BCUT2D eigenvalue weighted by atomic mass is 16.5. The molecule has 36 heavy (non-hydrogen) atoms. The number of hydrogen-bond acceptors (Lipinski definition) is 8. The van der Waals surface area contributed by atoms with Crippen LogP contribution < -0.4 is 9.47 Å². The van der Waals surface area contributed by atoms with E-state index in [9.17, 15) is 19.5 Å². The quantitative estimate of drug-likeness (QED) is 0.329. The Hall–Kier alpha value is -3.15. The number of ether oxygens (including phenoxy) is 2. The first-order valence-electron chi connectivity index (χ1n) is 11.9. The molecule has 0 saturated carbocycles. The third-order valence-corrected chi connectivity index (χ3v) is 7.72. The van der Waals surface area contributed by atoms with Crippen molar-refractivity contribution < 1.29 is 49.4 Å². The lowest BCUT2D eigenvalue weighted by atomic mass is 9.53. The lowest BCUT2D eigenvalue weighted by Crippen LogP contribution is -2.64. The van der Waals surface area contributed by atoms with E-state index in [1.54, 1.807) is 0 Å². The number of aliphatic hydroxyl groups excluding tert-OH is 1. The van der Waals surface area contributed by atoms with Crippen molar-refractivity contribution in [3.05, 3.63) is 35.4 Å². The molecule has 0 aromatic heterocycles. The largest absolute Gasteiger partial charge is 0.490 e. The number of rotatable bonds is 7. The SMILES string of the molecule is CCOc1ccc2c3c1OC1C(O)C=CC4[C@@H](C2)N(C)CC[C@]314.O=C(O)CC(O)(CC(=O)O)C(=O)O. The second-order valence-electron chi connectivity index (χ2n) is 9.82. The number of piperidine rings is 1. The molecule has 5 N–H and O–H groups in total. The van der Waals surface area contributed by atoms with Crippen molar-refractivity contribution >= 4 is 17.9 Å². The molecule has 1 aromatic carbocycles. The minimum absolute atomic E-state index is 0.0820. The Balaban J connectivity index is 0.000000203. The third kappa shape index (κ3) is 4.10. The Morgan fingerprint density at radius 3 is 2.42 bits per heavy atom. The summed E-state index contributed by atoms with van der Waals surface area (Å²) in [6.07, 6.45) is 3.27. The third-order valence-electron chi connectivity index (χ3n) is 7.72. The van der Waals surface area contributed by atoms with Gasteiger partial charge in [-0.15, -0.1) is 0 Å². The second kappa shape index (κ2) is 9.38. The summed E-state index contributed by atoms with van der Waals surface area (Å²) in [5, 5.41) is 44.4. The molecule has 1 saturated heterocycles. The predicted molar refractivity (Wildman–Crippen MR) is 124 cm³/mol. The molecular formula is C25H31NO10. The summed E-state index contributed by atoms with van der Waals surface area (Å²) in [6.45, 7) is 3.68. The molecule has 5 rings (SSSR count). The number of likely N-dealkylation sites (tertiary alicyclic amines) is 1. The zero-order valence-corrected chi connectivity index (χ0v) is 20.1. The maximum atomic E-state index is 10.6. The molecule has 0 amide bonds. The summed E-state index contributed by atoms with van der Waals surface area (Å²) in [5.41, 5.74) is -0.119. The Bertz CT molecular complexity index is 1080. The Kier molecular flexibility index (Phi) is 6.76. The lowest BCUT2D eigenvalue weighted by molar-refractivity contribution is -0.170. The fourth-order valence-electron chi connectivity index (χ4n) is 6.21. The van der Waals surface area contributed by atoms with Gasteiger partial charge in [-0.05, 0) is 45.0 Å². The van der Waals surface area contributed by atoms with Gasteiger partial charge in [0.1, 0.15) is 12.2 Å². The van der Waals surface area contributed by atoms with Gasteiger partial charge in [0.2, 0.25) is 0 Å². The van der Waals surface area contributed by atoms with Gasteiger partial charge in [-0.25, -0.2) is 4.79 Å². The van der Waals surface area contributed by atoms with Gasteiger partial charge in [-0.2, -0.15) is 0 Å². The van der Waals surface area contributed by atoms with Crippen LogP contribution in [0, 0.1) is 5.92 Å². The molecule has 1 fully saturated rings. The van der Waals surface area contributed by atoms with Crippen LogP contribution in [0.25, 0.3) is 0 Å². The van der Waals surface area contributed by atoms with Gasteiger partial charge in [0.25, 0.3) is 0 Å². The van der Waals surface area contributed by atoms with Crippen LogP contribution in [-0.4, -0.2) is 92.4 Å². The van der Waals surface area contributed by atoms with Gasteiger partial charge >= 0.3 is 17.9 Å². The highest BCUT2D eigenvalue weighted by Gasteiger charge is 2.64. The molecule has 2 heterocycles. The minimum Gasteiger partial charge on any atom is -0.490 e. The van der Waals surface area contributed by atoms with Gasteiger partial charge < -0.3 is 39.9 Å². The van der Waals surface area contributed by atoms with Crippen LogP contribution in [0.1, 0.15) is 37.3 Å². The standard InChI is InChI=1S/C19H23NO3.C6H8O7/c1-3-22-15-7-4-11-10-13-12-5-6-14(21)18-19(12,8-9-20(13)2)16(11)17(15)23-18;7-3(8)1-6(13,5(11)12)2-4(9)10/h4-7,12-14,18,21H,3,8-10H2,1-2H3;13H,1-2H2,(H,7,8)(H,9,10)(H,11,12)/t12?,13-,14?,18?,19+;/m1./s1. The van der Waals surface area contributed by atoms with Crippen molar-refractivity contribution in [3.63, 3.8) is 0 Å². The van der Waals surface area contributed by atoms with Crippen LogP contribution in [0.2, 0.25) is 0 Å². The van der Waals surface area contributed by atoms with Gasteiger partial charge in [-0.3, -0.25) is 9.59 Å². The highest BCUT2D eigenvalue weighted by molar-refractivity contribution is 5.88. The van der Waals surface area contributed by atoms with Crippen LogP contribution in [0.3, 0.4) is 0 Å². The van der Waals surface area contributed by atoms with E-state index in [1.165, 1.54) is 11.1 Å². The molecule has 11 heteroatoms. The topological polar surface area (TPSA) is 174 Å². The van der Waals surface area contributed by atoms with Crippen LogP contribution in [-0.2, 0) is 26.2 Å². The van der Waals surface area contributed by atoms with Gasteiger partial charge in [0.15, 0.2) is 17.1 Å². The normalized spacial score (nSPS) is 29.3. The van der Waals surface area contributed by atoms with E-state index in [2.05, 4.69) is 24.1 Å². The van der Waals surface area contributed by atoms with E-state index in [-0.39, 0.29) is 11.5 Å². The van der Waals surface area contributed by atoms with Crippen molar-refractivity contribution in [1.29, 1.82) is 0 Å². The van der Waals surface area contributed by atoms with Gasteiger partial charge in [-0.1, -0.05) is 18.2 Å². The smallest absolute Gasteiger partial charge is 0.336 e. The number of carbonyl (C=O) groups is 3. The average molecular weight is 506 g/mol. The summed E-state index contributed by atoms with van der Waals surface area (Å²) in [4.78, 5) is 33.0. The molecule has 0 radical (unpaired) electrons. The van der Waals surface area contributed by atoms with Crippen LogP contribution >= 0.6 is 0 Å². The molecule has 196 valence electrons. The molecule has 2 bridgehead atoms. The van der Waals surface area contributed by atoms with E-state index >= 15 is 0 Å². The van der Waals surface area contributed by atoms with E-state index in [0.29, 0.717) is 18.6 Å². The summed E-state index contributed by atoms with van der Waals surface area (Å²) < 4.78 is 12.2. The number of aliphatic carboxylic acids is 3. The van der Waals surface area contributed by atoms with Crippen LogP contribution in [0.15, 0.2) is 24.3 Å². The van der Waals surface area contributed by atoms with E-state index in [4.69, 9.17) is 29.9 Å². The van der Waals surface area contributed by atoms with Gasteiger partial charge in [0.05, 0.1) is 19.4 Å². The Labute approximate surface area is 207 Å². The van der Waals surface area contributed by atoms with Crippen molar-refractivity contribution in [3.8, 4) is 11.5 Å². The van der Waals surface area contributed by atoms with Crippen molar-refractivity contribution in [2.75, 3.05) is 20.2 Å². The zero-order valence-electron chi connectivity index (χ0n) is 20.1. The Morgan fingerprint density at radius 1 is 1.17 bits per heavy atom. The second-order valence-corrected chi connectivity index (χ2v) is 9.82. The first-order chi connectivity index (χ1) is 16.9. The molecule has 1 spiro atoms. The minimum atomic E-state index is -2.74. The summed E-state index contributed by atoms with van der Waals surface area (Å²) in [5.74, 6) is -2.88. The van der Waals surface area contributed by atoms with Crippen LogP contribution in [0.5, 0.6) is 11.5 Å². The summed E-state index contributed by atoms with van der Waals surface area (Å²) in [6, 6.07) is 4.75. The molecular weight excluding hydrogens is 474 g/mol. The monoisotopic (exact) mass is 505 g/mol. The average Bonchev–Trinajstić information content (AvgIpc) is 3.14. The molecule has 4 aliphatic rings. The number of nitrogens with zero attached hydrogens (tertiary/aromatic N) is 1. The molecule has 2 aliphatic heterocycles. The van der Waals surface area contributed by atoms with Gasteiger partial charge in [0, 0.05) is 22.9 Å². The molecule has 2 aliphatic carbocycles. The maximum Gasteiger partial charge on any atom is 0.336 e. The number of likely N-dealkylation sites (N-methyl/N-ethyl adjacent to an activating group) is 1. The van der Waals surface area contributed by atoms with Crippen molar-refractivity contribution in [2.45, 2.75) is 61.9 Å². The zero-order chi connectivity index (χ0) is 26.4. The van der Waals surface area contributed by atoms with Crippen molar-refractivity contribution in [2.24, 2.45) is 5.92 Å². The first kappa shape index (κ1) is 25.9. The Morgan fingerprint density at radius 2 is 1.83 bits per heavy atom. The highest BCUT2D eigenvalue weighted by Crippen LogP contribution is 2.62. The van der Waals surface area contributed by atoms with Crippen LogP contribution in [0.4, 0.5) is 0 Å². The number of hydrogen-bond donors (Lipinski definition) is 5. The fourth-order valence-corrected chi connectivity index (χ4v) is 6.21. The first-order valence-corrected chi connectivity index (χ1v) is 11.9. The summed E-state index contributed by atoms with van der Waals surface area (Å²) >= 11 is 0. The lowest BCUT2D eigenvalue weighted by Gasteiger charge is -2.56. The van der Waals surface area contributed by atoms with E-state index < -0.39 is 42.5 Å². The number of carboxylic acids is 3.